The number of aromatic hydroxyl groups is 1. The van der Waals surface area contributed by atoms with Gasteiger partial charge in [-0.05, 0) is 161 Å². The van der Waals surface area contributed by atoms with Crippen molar-refractivity contribution in [1.82, 2.24) is 15.0 Å². The maximum Gasteiger partial charge on any atom is 0.227 e. The number of hydrogen-bond acceptors (Lipinski definition) is 7. The van der Waals surface area contributed by atoms with E-state index in [0.29, 0.717) is 17.1 Å². The third-order valence-electron chi connectivity index (χ3n) is 12.6. The van der Waals surface area contributed by atoms with Crippen molar-refractivity contribution in [1.29, 1.82) is 0 Å². The van der Waals surface area contributed by atoms with E-state index in [1.807, 2.05) is 67.0 Å². The lowest BCUT2D eigenvalue weighted by molar-refractivity contribution is 0.112. The minimum Gasteiger partial charge on any atom is -0.506 e. The van der Waals surface area contributed by atoms with Gasteiger partial charge in [-0.3, -0.25) is 14.8 Å². The van der Waals surface area contributed by atoms with Crippen LogP contribution in [0.25, 0.3) is 110 Å². The summed E-state index contributed by atoms with van der Waals surface area (Å²) < 4.78 is 6.18. The quantitative estimate of drug-likeness (QED) is 0.0739. The van der Waals surface area contributed by atoms with Crippen LogP contribution in [0.5, 0.6) is 5.75 Å². The Morgan fingerprint density at radius 3 is 1.34 bits per heavy atom. The van der Waals surface area contributed by atoms with Crippen molar-refractivity contribution in [3.63, 3.8) is 0 Å². The van der Waals surface area contributed by atoms with Crippen molar-refractivity contribution in [2.24, 2.45) is 0 Å². The van der Waals surface area contributed by atoms with Crippen LogP contribution < -0.4 is 5.73 Å². The minimum atomic E-state index is 0.146. The van der Waals surface area contributed by atoms with Gasteiger partial charge in [-0.2, -0.15) is 0 Å². The predicted molar refractivity (Wildman–Crippen MR) is 291 cm³/mol. The molecule has 0 amide bonds. The second-order valence-electron chi connectivity index (χ2n) is 17.2. The van der Waals surface area contributed by atoms with Crippen molar-refractivity contribution in [2.45, 2.75) is 0 Å². The molecule has 0 radical (unpaired) electrons. The molecule has 7 heteroatoms. The third kappa shape index (κ3) is 9.07. The van der Waals surface area contributed by atoms with Crippen LogP contribution in [0.2, 0.25) is 0 Å². The number of nitrogens with two attached hydrogens (primary N) is 1. The lowest BCUT2D eigenvalue weighted by Crippen LogP contribution is -1.90. The molecule has 0 fully saturated rings. The maximum atomic E-state index is 11.7. The van der Waals surface area contributed by atoms with Gasteiger partial charge in [0.1, 0.15) is 17.6 Å². The fourth-order valence-electron chi connectivity index (χ4n) is 9.29. The molecule has 0 bridgehead atoms. The molecule has 0 saturated carbocycles. The Hall–Kier alpha value is -9.72. The molecule has 0 saturated heterocycles. The van der Waals surface area contributed by atoms with Crippen LogP contribution in [0, 0.1) is 0 Å². The molecule has 0 unspecified atom stereocenters. The molecule has 3 aromatic heterocycles. The number of pyridine rings is 2. The second kappa shape index (κ2) is 19.5. The predicted octanol–water partition coefficient (Wildman–Crippen LogP) is 16.0. The number of nitrogen functional groups attached to an aromatic ring is 1. The summed E-state index contributed by atoms with van der Waals surface area (Å²) in [5.41, 5.74) is 17.6. The van der Waals surface area contributed by atoms with Gasteiger partial charge in [-0.15, -0.1) is 0 Å². The zero-order valence-electron chi connectivity index (χ0n) is 38.4. The van der Waals surface area contributed by atoms with Gasteiger partial charge in [-0.25, -0.2) is 4.98 Å². The average molecular weight is 917 g/mol. The zero-order valence-corrected chi connectivity index (χ0v) is 38.4. The number of oxazole rings is 1. The normalized spacial score (nSPS) is 11.0. The monoisotopic (exact) mass is 916 g/mol. The first-order valence-corrected chi connectivity index (χ1v) is 23.2. The molecule has 13 rings (SSSR count). The van der Waals surface area contributed by atoms with Gasteiger partial charge in [0.05, 0.1) is 5.69 Å². The first-order valence-electron chi connectivity index (χ1n) is 23.2. The standard InChI is InChI=1S/C32H20N2O.C26H17NO.C6H7NO/c1-3-11-27-21(8-1)16-22-9-2-4-12-28(22)31(27)25-17-24(23-10-7-15-33-20-23)18-26(19-25)32-34-29-13-5-6-14-30(29)35-32;28-17-18-12-22(21-8-5-11-27-16-21)15-23(13-18)26-24-9-3-1-6-19(24)14-20-7-2-4-10-25(20)26;7-5-3-1-2-4-6(5)8/h1-20H;1-17H;1-4,8H,7H2. The Balaban J connectivity index is 0.000000136. The van der Waals surface area contributed by atoms with Crippen molar-refractivity contribution >= 4 is 66.2 Å². The highest BCUT2D eigenvalue weighted by Crippen LogP contribution is 2.41. The summed E-state index contributed by atoms with van der Waals surface area (Å²) in [6.45, 7) is 0. The fourth-order valence-corrected chi connectivity index (χ4v) is 9.29. The largest absolute Gasteiger partial charge is 0.506 e. The number of phenols is 1. The van der Waals surface area contributed by atoms with Crippen molar-refractivity contribution < 1.29 is 14.3 Å². The summed E-state index contributed by atoms with van der Waals surface area (Å²) >= 11 is 0. The summed E-state index contributed by atoms with van der Waals surface area (Å²) in [6, 6.07) is 73.6. The second-order valence-corrected chi connectivity index (χ2v) is 17.2. The Morgan fingerprint density at radius 2 is 0.859 bits per heavy atom. The number of rotatable bonds is 6. The third-order valence-corrected chi connectivity index (χ3v) is 12.6. The average Bonchev–Trinajstić information content (AvgIpc) is 3.88. The molecule has 71 heavy (non-hydrogen) atoms. The van der Waals surface area contributed by atoms with E-state index in [4.69, 9.17) is 20.2 Å². The molecule has 0 aliphatic carbocycles. The summed E-state index contributed by atoms with van der Waals surface area (Å²) in [5, 5.41) is 18.4. The van der Waals surface area contributed by atoms with Gasteiger partial charge in [0.25, 0.3) is 0 Å². The van der Waals surface area contributed by atoms with Crippen LogP contribution in [0.4, 0.5) is 5.69 Å². The Labute approximate surface area is 409 Å². The lowest BCUT2D eigenvalue weighted by atomic mass is 9.89. The zero-order chi connectivity index (χ0) is 48.1. The number of aldehydes is 1. The fraction of sp³-hybridized carbons (Fsp3) is 0. The summed E-state index contributed by atoms with van der Waals surface area (Å²) in [5.74, 6) is 0.759. The highest BCUT2D eigenvalue weighted by Gasteiger charge is 2.17. The van der Waals surface area contributed by atoms with Gasteiger partial charge in [0, 0.05) is 47.0 Å². The molecule has 338 valence electrons. The molecular weight excluding hydrogens is 873 g/mol. The number of nitrogens with zero attached hydrogens (tertiary/aromatic N) is 3. The topological polar surface area (TPSA) is 115 Å². The van der Waals surface area contributed by atoms with Crippen LogP contribution in [0.15, 0.2) is 248 Å². The molecule has 0 aliphatic rings. The minimum absolute atomic E-state index is 0.146. The van der Waals surface area contributed by atoms with E-state index in [2.05, 4.69) is 149 Å². The number of phenolic OH excluding ortho intramolecular Hbond substituents is 1. The maximum absolute atomic E-state index is 11.7. The number of benzene rings is 10. The van der Waals surface area contributed by atoms with Crippen LogP contribution in [0.1, 0.15) is 10.4 Å². The van der Waals surface area contributed by atoms with E-state index in [1.165, 1.54) is 48.7 Å². The Bertz CT molecular complexity index is 3900. The SMILES string of the molecule is Nc1ccccc1O.O=Cc1cc(-c2cccnc2)cc(-c2c3ccccc3cc3ccccc23)c1.c1cncc(-c2cc(-c3nc4ccccc4o3)cc(-c3c4ccccc4cc4ccccc34)c2)c1. The number of aromatic nitrogens is 3. The first-order chi connectivity index (χ1) is 35.0. The Morgan fingerprint density at radius 1 is 0.423 bits per heavy atom. The van der Waals surface area contributed by atoms with E-state index in [1.54, 1.807) is 36.7 Å². The molecule has 10 aromatic carbocycles. The summed E-state index contributed by atoms with van der Waals surface area (Å²) in [6.07, 6.45) is 8.20. The lowest BCUT2D eigenvalue weighted by Gasteiger charge is -2.14. The van der Waals surface area contributed by atoms with Crippen LogP contribution >= 0.6 is 0 Å². The van der Waals surface area contributed by atoms with E-state index in [9.17, 15) is 4.79 Å². The molecule has 13 aromatic rings. The molecule has 0 aliphatic heterocycles. The van der Waals surface area contributed by atoms with Crippen LogP contribution in [-0.2, 0) is 0 Å². The number of anilines is 1. The van der Waals surface area contributed by atoms with Crippen molar-refractivity contribution in [3.05, 3.63) is 249 Å². The molecular formula is C64H44N4O3. The number of carbonyl (C=O) groups excluding carboxylic acids is 1. The van der Waals surface area contributed by atoms with Gasteiger partial charge in [0.2, 0.25) is 5.89 Å². The van der Waals surface area contributed by atoms with Crippen molar-refractivity contribution in [2.75, 3.05) is 5.73 Å². The van der Waals surface area contributed by atoms with Gasteiger partial charge in [-0.1, -0.05) is 133 Å². The number of hydrogen-bond donors (Lipinski definition) is 2. The van der Waals surface area contributed by atoms with Gasteiger partial charge >= 0.3 is 0 Å². The van der Waals surface area contributed by atoms with Crippen molar-refractivity contribution in [3.8, 4) is 61.7 Å². The molecule has 3 heterocycles. The molecule has 3 N–H and O–H groups in total. The molecule has 7 nitrogen and oxygen atoms in total. The highest BCUT2D eigenvalue weighted by molar-refractivity contribution is 6.14. The van der Waals surface area contributed by atoms with Gasteiger partial charge in [0.15, 0.2) is 5.58 Å². The van der Waals surface area contributed by atoms with E-state index in [-0.39, 0.29) is 5.75 Å². The van der Waals surface area contributed by atoms with E-state index >= 15 is 0 Å². The van der Waals surface area contributed by atoms with E-state index in [0.717, 1.165) is 61.9 Å². The molecule has 0 spiro atoms. The first kappa shape index (κ1) is 43.8. The highest BCUT2D eigenvalue weighted by atomic mass is 16.3. The molecule has 0 atom stereocenters. The van der Waals surface area contributed by atoms with E-state index < -0.39 is 0 Å². The summed E-state index contributed by atoms with van der Waals surface area (Å²) in [4.78, 5) is 25.1. The van der Waals surface area contributed by atoms with Crippen LogP contribution in [-0.4, -0.2) is 26.3 Å². The number of fused-ring (bicyclic) bond motifs is 5. The summed E-state index contributed by atoms with van der Waals surface area (Å²) in [7, 11) is 0. The van der Waals surface area contributed by atoms with Gasteiger partial charge < -0.3 is 15.3 Å². The van der Waals surface area contributed by atoms with Crippen LogP contribution in [0.3, 0.4) is 0 Å². The number of para-hydroxylation sites is 4. The smallest absolute Gasteiger partial charge is 0.227 e. The Kier molecular flexibility index (Phi) is 12.0. The number of carbonyl (C=O) groups is 1.